The quantitative estimate of drug-likeness (QED) is 0.822. The Bertz CT molecular complexity index is 628. The summed E-state index contributed by atoms with van der Waals surface area (Å²) in [5.74, 6) is -1.56. The number of nitriles is 1. The Morgan fingerprint density at radius 1 is 1.48 bits per heavy atom. The lowest BCUT2D eigenvalue weighted by molar-refractivity contribution is -0.181. The van der Waals surface area contributed by atoms with E-state index in [4.69, 9.17) is 14.7 Å². The molecule has 0 fully saturated rings. The van der Waals surface area contributed by atoms with Crippen LogP contribution >= 0.6 is 0 Å². The van der Waals surface area contributed by atoms with Gasteiger partial charge in [0, 0.05) is 6.08 Å². The molecule has 1 aliphatic rings. The lowest BCUT2D eigenvalue weighted by Crippen LogP contribution is -2.47. The molecule has 6 heteroatoms. The zero-order valence-corrected chi connectivity index (χ0v) is 11.3. The molecule has 2 rings (SSSR count). The van der Waals surface area contributed by atoms with Gasteiger partial charge in [0.2, 0.25) is 5.60 Å². The molecule has 0 radical (unpaired) electrons. The van der Waals surface area contributed by atoms with Crippen LogP contribution in [0.1, 0.15) is 18.1 Å². The van der Waals surface area contributed by atoms with Crippen LogP contribution in [0.5, 0.6) is 0 Å². The highest BCUT2D eigenvalue weighted by molar-refractivity contribution is 5.88. The lowest BCUT2D eigenvalue weighted by Gasteiger charge is -2.30. The van der Waals surface area contributed by atoms with E-state index in [1.807, 2.05) is 6.07 Å². The maximum Gasteiger partial charge on any atom is 0.347 e. The summed E-state index contributed by atoms with van der Waals surface area (Å²) in [6, 6.07) is 7.71. The molecule has 108 valence electrons. The van der Waals surface area contributed by atoms with Crippen molar-refractivity contribution >= 4 is 11.9 Å². The Kier molecular flexibility index (Phi) is 4.05. The number of nitrogens with zero attached hydrogens (tertiary/aromatic N) is 1. The fraction of sp³-hybridized carbons (Fsp3) is 0.267. The number of cyclic esters (lactones) is 1. The van der Waals surface area contributed by atoms with Gasteiger partial charge in [0.25, 0.3) is 0 Å². The van der Waals surface area contributed by atoms with Crippen LogP contribution in [0.2, 0.25) is 0 Å². The summed E-state index contributed by atoms with van der Waals surface area (Å²) >= 11 is 0. The van der Waals surface area contributed by atoms with Gasteiger partial charge in [0.05, 0.1) is 18.2 Å². The molecule has 0 unspecified atom stereocenters. The molecule has 6 nitrogen and oxygen atoms in total. The smallest absolute Gasteiger partial charge is 0.347 e. The van der Waals surface area contributed by atoms with Gasteiger partial charge in [-0.15, -0.1) is 0 Å². The van der Waals surface area contributed by atoms with E-state index < -0.39 is 23.6 Å². The van der Waals surface area contributed by atoms with Crippen molar-refractivity contribution in [2.24, 2.45) is 0 Å². The summed E-state index contributed by atoms with van der Waals surface area (Å²) in [5, 5.41) is 19.6. The van der Waals surface area contributed by atoms with E-state index in [0.717, 1.165) is 6.08 Å². The number of carbonyl (C=O) groups excluding carboxylic acids is 2. The van der Waals surface area contributed by atoms with Crippen molar-refractivity contribution in [2.45, 2.75) is 18.6 Å². The monoisotopic (exact) mass is 287 g/mol. The minimum absolute atomic E-state index is 0.0712. The van der Waals surface area contributed by atoms with Crippen LogP contribution in [-0.2, 0) is 24.7 Å². The van der Waals surface area contributed by atoms with Crippen molar-refractivity contribution in [3.05, 3.63) is 47.5 Å². The average molecular weight is 287 g/mol. The first-order valence-electron chi connectivity index (χ1n) is 6.31. The lowest BCUT2D eigenvalue weighted by atomic mass is 9.87. The van der Waals surface area contributed by atoms with E-state index in [-0.39, 0.29) is 12.2 Å². The van der Waals surface area contributed by atoms with Crippen LogP contribution in [0.25, 0.3) is 0 Å². The number of rotatable bonds is 4. The number of benzene rings is 1. The third-order valence-corrected chi connectivity index (χ3v) is 3.10. The molecule has 1 aromatic carbocycles. The van der Waals surface area contributed by atoms with Crippen LogP contribution in [0, 0.1) is 11.3 Å². The Labute approximate surface area is 121 Å². The van der Waals surface area contributed by atoms with E-state index >= 15 is 0 Å². The van der Waals surface area contributed by atoms with Crippen molar-refractivity contribution in [2.75, 3.05) is 6.61 Å². The number of ether oxygens (including phenoxy) is 2. The maximum atomic E-state index is 12.2. The molecule has 21 heavy (non-hydrogen) atoms. The predicted octanol–water partition coefficient (Wildman–Crippen LogP) is 0.791. The first kappa shape index (κ1) is 14.8. The molecule has 0 amide bonds. The van der Waals surface area contributed by atoms with Crippen LogP contribution in [0.4, 0.5) is 0 Å². The van der Waals surface area contributed by atoms with Crippen LogP contribution in [0.3, 0.4) is 0 Å². The Hall–Kier alpha value is -2.65. The van der Waals surface area contributed by atoms with Crippen molar-refractivity contribution in [3.63, 3.8) is 0 Å². The van der Waals surface area contributed by atoms with Crippen molar-refractivity contribution in [1.82, 2.24) is 0 Å². The third kappa shape index (κ3) is 2.64. The van der Waals surface area contributed by atoms with E-state index in [0.29, 0.717) is 5.56 Å². The zero-order chi connectivity index (χ0) is 15.5. The summed E-state index contributed by atoms with van der Waals surface area (Å²) < 4.78 is 9.83. The summed E-state index contributed by atoms with van der Waals surface area (Å²) in [7, 11) is 0. The minimum atomic E-state index is -2.15. The number of esters is 2. The molecule has 0 bridgehead atoms. The number of carbonyl (C=O) groups is 2. The molecule has 1 aromatic rings. The summed E-state index contributed by atoms with van der Waals surface area (Å²) in [6.45, 7) is 1.68. The van der Waals surface area contributed by atoms with Gasteiger partial charge in [0.1, 0.15) is 0 Å². The summed E-state index contributed by atoms with van der Waals surface area (Å²) in [4.78, 5) is 23.3. The van der Waals surface area contributed by atoms with E-state index in [2.05, 4.69) is 0 Å². The molecular weight excluding hydrogens is 274 g/mol. The highest BCUT2D eigenvalue weighted by Gasteiger charge is 2.49. The largest absolute Gasteiger partial charge is 0.463 e. The molecule has 0 saturated carbocycles. The van der Waals surface area contributed by atoms with Gasteiger partial charge in [-0.3, -0.25) is 0 Å². The van der Waals surface area contributed by atoms with Gasteiger partial charge >= 0.3 is 11.9 Å². The molecular formula is C15H13NO5. The molecule has 0 aromatic heterocycles. The van der Waals surface area contributed by atoms with Gasteiger partial charge in [-0.25, -0.2) is 9.59 Å². The molecule has 1 aliphatic heterocycles. The number of hydrogen-bond donors (Lipinski definition) is 1. The second kappa shape index (κ2) is 5.77. The average Bonchev–Trinajstić information content (AvgIpc) is 2.93. The van der Waals surface area contributed by atoms with Crippen LogP contribution in [0.15, 0.2) is 36.4 Å². The molecule has 0 spiro atoms. The van der Waals surface area contributed by atoms with Crippen LogP contribution in [-0.4, -0.2) is 29.8 Å². The zero-order valence-electron chi connectivity index (χ0n) is 11.3. The highest BCUT2D eigenvalue weighted by atomic mass is 16.6. The van der Waals surface area contributed by atoms with Crippen molar-refractivity contribution in [3.8, 4) is 6.07 Å². The Morgan fingerprint density at radius 3 is 2.62 bits per heavy atom. The number of hydrogen-bond acceptors (Lipinski definition) is 6. The minimum Gasteiger partial charge on any atom is -0.463 e. The highest BCUT2D eigenvalue weighted by Crippen LogP contribution is 2.32. The maximum absolute atomic E-state index is 12.2. The van der Waals surface area contributed by atoms with E-state index in [9.17, 15) is 14.7 Å². The second-order valence-corrected chi connectivity index (χ2v) is 4.39. The molecule has 0 saturated heterocycles. The molecule has 1 N–H and O–H groups in total. The fourth-order valence-electron chi connectivity index (χ4n) is 2.03. The van der Waals surface area contributed by atoms with Crippen molar-refractivity contribution < 1.29 is 24.2 Å². The Balaban J connectivity index is 2.44. The molecule has 1 heterocycles. The third-order valence-electron chi connectivity index (χ3n) is 3.10. The van der Waals surface area contributed by atoms with Crippen LogP contribution < -0.4 is 0 Å². The van der Waals surface area contributed by atoms with Gasteiger partial charge < -0.3 is 14.6 Å². The topological polar surface area (TPSA) is 96.6 Å². The SMILES string of the molecule is CCOC(=O)[C@](O)(c1ccc(C#N)cc1)[C@@H]1C=CC(=O)O1. The standard InChI is InChI=1S/C15H13NO5/c1-2-20-14(18)15(19,12-7-8-13(17)21-12)11-5-3-10(9-16)4-6-11/h3-8,12,19H,2H2,1H3/t12-,15-/m0/s1. The van der Waals surface area contributed by atoms with Gasteiger partial charge in [0.15, 0.2) is 6.10 Å². The molecule has 0 aliphatic carbocycles. The van der Waals surface area contributed by atoms with Gasteiger partial charge in [-0.1, -0.05) is 12.1 Å². The van der Waals surface area contributed by atoms with E-state index in [1.54, 1.807) is 6.92 Å². The van der Waals surface area contributed by atoms with Gasteiger partial charge in [-0.2, -0.15) is 5.26 Å². The number of aliphatic hydroxyl groups is 1. The summed E-state index contributed by atoms with van der Waals surface area (Å²) in [5.41, 5.74) is -1.58. The molecule has 2 atom stereocenters. The Morgan fingerprint density at radius 2 is 2.14 bits per heavy atom. The first-order chi connectivity index (χ1) is 10.0. The first-order valence-corrected chi connectivity index (χ1v) is 6.31. The van der Waals surface area contributed by atoms with E-state index in [1.165, 1.54) is 30.3 Å². The normalized spacial score (nSPS) is 19.5. The second-order valence-electron chi connectivity index (χ2n) is 4.39. The van der Waals surface area contributed by atoms with Gasteiger partial charge in [-0.05, 0) is 30.7 Å². The predicted molar refractivity (Wildman–Crippen MR) is 70.7 cm³/mol. The summed E-state index contributed by atoms with van der Waals surface area (Å²) in [6.07, 6.45) is 1.27. The van der Waals surface area contributed by atoms with Crippen molar-refractivity contribution in [1.29, 1.82) is 5.26 Å². The fourth-order valence-corrected chi connectivity index (χ4v) is 2.03.